The van der Waals surface area contributed by atoms with Crippen molar-refractivity contribution in [2.24, 2.45) is 0 Å². The SMILES string of the molecule is COc1ccc(C(=O)c2ccc3c(OC)c(OC)c(OC)cc3n2)cc1F. The van der Waals surface area contributed by atoms with Gasteiger partial charge in [0, 0.05) is 17.0 Å². The van der Waals surface area contributed by atoms with E-state index in [2.05, 4.69) is 4.98 Å². The second-order valence-electron chi connectivity index (χ2n) is 5.59. The first-order valence-electron chi connectivity index (χ1n) is 8.02. The van der Waals surface area contributed by atoms with E-state index < -0.39 is 11.6 Å². The molecule has 0 unspecified atom stereocenters. The third-order valence-electron chi connectivity index (χ3n) is 4.14. The number of hydrogen-bond acceptors (Lipinski definition) is 6. The summed E-state index contributed by atoms with van der Waals surface area (Å²) in [5, 5.41) is 0.660. The monoisotopic (exact) mass is 371 g/mol. The standard InChI is InChI=1S/C20H18FNO5/c1-24-16-8-5-11(9-13(16)21)18(23)14-7-6-12-15(22-14)10-17(25-2)20(27-4)19(12)26-3/h5-10H,1-4H3. The molecule has 0 spiro atoms. The number of halogens is 1. The van der Waals surface area contributed by atoms with Crippen LogP contribution in [0.4, 0.5) is 4.39 Å². The minimum absolute atomic E-state index is 0.0691. The highest BCUT2D eigenvalue weighted by Gasteiger charge is 2.19. The van der Waals surface area contributed by atoms with Crippen molar-refractivity contribution in [1.29, 1.82) is 0 Å². The van der Waals surface area contributed by atoms with Crippen LogP contribution in [0.5, 0.6) is 23.0 Å². The molecular weight excluding hydrogens is 353 g/mol. The summed E-state index contributed by atoms with van der Waals surface area (Å²) >= 11 is 0. The van der Waals surface area contributed by atoms with Crippen LogP contribution in [-0.4, -0.2) is 39.2 Å². The number of pyridine rings is 1. The zero-order chi connectivity index (χ0) is 19.6. The van der Waals surface area contributed by atoms with Crippen LogP contribution in [0.1, 0.15) is 16.1 Å². The lowest BCUT2D eigenvalue weighted by Gasteiger charge is -2.14. The summed E-state index contributed by atoms with van der Waals surface area (Å²) < 4.78 is 34.9. The molecule has 3 aromatic rings. The quantitative estimate of drug-likeness (QED) is 0.617. The van der Waals surface area contributed by atoms with Crippen LogP contribution in [0.3, 0.4) is 0 Å². The van der Waals surface area contributed by atoms with Crippen LogP contribution < -0.4 is 18.9 Å². The van der Waals surface area contributed by atoms with Gasteiger partial charge in [-0.2, -0.15) is 0 Å². The Morgan fingerprint density at radius 1 is 0.852 bits per heavy atom. The number of carbonyl (C=O) groups excluding carboxylic acids is 1. The summed E-state index contributed by atoms with van der Waals surface area (Å²) in [6.07, 6.45) is 0. The number of nitrogens with zero attached hydrogens (tertiary/aromatic N) is 1. The van der Waals surface area contributed by atoms with Gasteiger partial charge in [-0.15, -0.1) is 0 Å². The van der Waals surface area contributed by atoms with Crippen molar-refractivity contribution >= 4 is 16.7 Å². The molecule has 0 aliphatic rings. The smallest absolute Gasteiger partial charge is 0.211 e. The third-order valence-corrected chi connectivity index (χ3v) is 4.14. The Kier molecular flexibility index (Phi) is 5.12. The summed E-state index contributed by atoms with van der Waals surface area (Å²) in [6.45, 7) is 0. The molecule has 1 heterocycles. The highest BCUT2D eigenvalue weighted by atomic mass is 19.1. The van der Waals surface area contributed by atoms with Crippen molar-refractivity contribution in [3.8, 4) is 23.0 Å². The highest BCUT2D eigenvalue weighted by molar-refractivity contribution is 6.09. The maximum Gasteiger partial charge on any atom is 0.211 e. The van der Waals surface area contributed by atoms with E-state index >= 15 is 0 Å². The van der Waals surface area contributed by atoms with Gasteiger partial charge >= 0.3 is 0 Å². The van der Waals surface area contributed by atoms with Crippen molar-refractivity contribution in [2.75, 3.05) is 28.4 Å². The fourth-order valence-corrected chi connectivity index (χ4v) is 2.83. The fourth-order valence-electron chi connectivity index (χ4n) is 2.83. The molecule has 27 heavy (non-hydrogen) atoms. The van der Waals surface area contributed by atoms with Crippen molar-refractivity contribution in [1.82, 2.24) is 4.98 Å². The molecule has 0 bridgehead atoms. The number of carbonyl (C=O) groups is 1. The van der Waals surface area contributed by atoms with Crippen molar-refractivity contribution in [3.05, 3.63) is 53.5 Å². The third kappa shape index (κ3) is 3.23. The number of aromatic nitrogens is 1. The molecule has 0 atom stereocenters. The second-order valence-corrected chi connectivity index (χ2v) is 5.59. The van der Waals surface area contributed by atoms with Gasteiger partial charge < -0.3 is 18.9 Å². The van der Waals surface area contributed by atoms with E-state index in [1.807, 2.05) is 0 Å². The summed E-state index contributed by atoms with van der Waals surface area (Å²) in [7, 11) is 5.88. The number of hydrogen-bond donors (Lipinski definition) is 0. The number of fused-ring (bicyclic) bond motifs is 1. The minimum Gasteiger partial charge on any atom is -0.494 e. The Hall–Kier alpha value is -3.35. The molecule has 0 saturated carbocycles. The van der Waals surface area contributed by atoms with Crippen molar-refractivity contribution in [3.63, 3.8) is 0 Å². The largest absolute Gasteiger partial charge is 0.494 e. The Bertz CT molecular complexity index is 1020. The van der Waals surface area contributed by atoms with Gasteiger partial charge in [0.25, 0.3) is 0 Å². The van der Waals surface area contributed by atoms with Gasteiger partial charge in [0.2, 0.25) is 11.5 Å². The maximum absolute atomic E-state index is 13.9. The Morgan fingerprint density at radius 2 is 1.56 bits per heavy atom. The zero-order valence-corrected chi connectivity index (χ0v) is 15.3. The van der Waals surface area contributed by atoms with Gasteiger partial charge in [-0.3, -0.25) is 4.79 Å². The molecule has 3 rings (SSSR count). The number of ether oxygens (including phenoxy) is 4. The van der Waals surface area contributed by atoms with E-state index in [1.54, 1.807) is 18.2 Å². The number of ketones is 1. The normalized spacial score (nSPS) is 10.6. The lowest BCUT2D eigenvalue weighted by Crippen LogP contribution is -2.06. The molecule has 0 radical (unpaired) electrons. The average Bonchev–Trinajstić information content (AvgIpc) is 2.70. The van der Waals surface area contributed by atoms with E-state index in [9.17, 15) is 9.18 Å². The molecule has 2 aromatic carbocycles. The van der Waals surface area contributed by atoms with E-state index in [1.165, 1.54) is 40.6 Å². The van der Waals surface area contributed by atoms with Crippen LogP contribution in [0.15, 0.2) is 36.4 Å². The molecule has 0 saturated heterocycles. The first-order chi connectivity index (χ1) is 13.0. The minimum atomic E-state index is -0.614. The molecule has 0 fully saturated rings. The van der Waals surface area contributed by atoms with Gasteiger partial charge in [0.1, 0.15) is 5.69 Å². The summed E-state index contributed by atoms with van der Waals surface area (Å²) in [6, 6.07) is 8.94. The van der Waals surface area contributed by atoms with Crippen LogP contribution >= 0.6 is 0 Å². The van der Waals surface area contributed by atoms with E-state index in [-0.39, 0.29) is 17.0 Å². The zero-order valence-electron chi connectivity index (χ0n) is 15.3. The highest BCUT2D eigenvalue weighted by Crippen LogP contribution is 2.42. The molecule has 140 valence electrons. The topological polar surface area (TPSA) is 66.9 Å². The number of methoxy groups -OCH3 is 4. The van der Waals surface area contributed by atoms with Gasteiger partial charge in [0.15, 0.2) is 23.1 Å². The molecule has 7 heteroatoms. The van der Waals surface area contributed by atoms with E-state index in [4.69, 9.17) is 18.9 Å². The fraction of sp³-hybridized carbons (Fsp3) is 0.200. The predicted octanol–water partition coefficient (Wildman–Crippen LogP) is 3.64. The molecule has 6 nitrogen and oxygen atoms in total. The summed E-state index contributed by atoms with van der Waals surface area (Å²) in [5.74, 6) is 0.359. The summed E-state index contributed by atoms with van der Waals surface area (Å²) in [5.41, 5.74) is 0.832. The molecular formula is C20H18FNO5. The molecule has 0 aliphatic carbocycles. The van der Waals surface area contributed by atoms with Crippen LogP contribution in [0, 0.1) is 5.82 Å². The summed E-state index contributed by atoms with van der Waals surface area (Å²) in [4.78, 5) is 17.1. The Morgan fingerprint density at radius 3 is 2.15 bits per heavy atom. The Balaban J connectivity index is 2.11. The van der Waals surface area contributed by atoms with Gasteiger partial charge in [-0.1, -0.05) is 0 Å². The number of benzene rings is 2. The van der Waals surface area contributed by atoms with Crippen molar-refractivity contribution < 1.29 is 28.1 Å². The van der Waals surface area contributed by atoms with Gasteiger partial charge in [-0.05, 0) is 30.3 Å². The van der Waals surface area contributed by atoms with E-state index in [0.29, 0.717) is 28.2 Å². The lowest BCUT2D eigenvalue weighted by atomic mass is 10.1. The first-order valence-corrected chi connectivity index (χ1v) is 8.02. The first kappa shape index (κ1) is 18.4. The van der Waals surface area contributed by atoms with Crippen LogP contribution in [0.25, 0.3) is 10.9 Å². The molecule has 0 amide bonds. The Labute approximate surface area is 155 Å². The van der Waals surface area contributed by atoms with E-state index in [0.717, 1.165) is 6.07 Å². The van der Waals surface area contributed by atoms with Gasteiger partial charge in [0.05, 0.1) is 34.0 Å². The predicted molar refractivity (Wildman–Crippen MR) is 97.8 cm³/mol. The molecule has 0 N–H and O–H groups in total. The molecule has 0 aliphatic heterocycles. The van der Waals surface area contributed by atoms with Gasteiger partial charge in [-0.25, -0.2) is 9.37 Å². The average molecular weight is 371 g/mol. The molecule has 1 aromatic heterocycles. The second kappa shape index (κ2) is 7.49. The van der Waals surface area contributed by atoms with Crippen LogP contribution in [0.2, 0.25) is 0 Å². The van der Waals surface area contributed by atoms with Crippen molar-refractivity contribution in [2.45, 2.75) is 0 Å². The maximum atomic E-state index is 13.9. The number of rotatable bonds is 6. The van der Waals surface area contributed by atoms with Crippen LogP contribution in [-0.2, 0) is 0 Å². The lowest BCUT2D eigenvalue weighted by molar-refractivity contribution is 0.103.